The average molecular weight is 433 g/mol. The van der Waals surface area contributed by atoms with Crippen LogP contribution in [-0.2, 0) is 4.79 Å². The van der Waals surface area contributed by atoms with Crippen molar-refractivity contribution in [3.8, 4) is 17.6 Å². The standard InChI is InChI=1S/C20H18BrFN2O3/c1-12(2)27-19-17(21)9-13(10-18(19)26-3)8-14(11-23)20(25)24-16-6-4-15(22)5-7-16/h4-10,12H,1-3H3,(H,24,25)/b14-8+. The van der Waals surface area contributed by atoms with Gasteiger partial charge in [-0.05, 0) is 77.8 Å². The molecular formula is C20H18BrFN2O3. The minimum absolute atomic E-state index is 0.0484. The van der Waals surface area contributed by atoms with Crippen LogP contribution in [0.2, 0.25) is 0 Å². The average Bonchev–Trinajstić information content (AvgIpc) is 2.63. The number of ether oxygens (including phenoxy) is 2. The van der Waals surface area contributed by atoms with E-state index in [1.807, 2.05) is 19.9 Å². The van der Waals surface area contributed by atoms with Crippen LogP contribution in [0.25, 0.3) is 6.08 Å². The number of nitriles is 1. The molecule has 0 aliphatic carbocycles. The van der Waals surface area contributed by atoms with Crippen LogP contribution >= 0.6 is 15.9 Å². The topological polar surface area (TPSA) is 71.3 Å². The van der Waals surface area contributed by atoms with Gasteiger partial charge in [0.25, 0.3) is 5.91 Å². The van der Waals surface area contributed by atoms with E-state index in [0.29, 0.717) is 27.2 Å². The molecule has 0 bridgehead atoms. The molecule has 5 nitrogen and oxygen atoms in total. The van der Waals surface area contributed by atoms with E-state index in [9.17, 15) is 14.4 Å². The Morgan fingerprint density at radius 1 is 1.30 bits per heavy atom. The number of nitrogens with one attached hydrogen (secondary N) is 1. The number of hydrogen-bond donors (Lipinski definition) is 1. The lowest BCUT2D eigenvalue weighted by molar-refractivity contribution is -0.112. The number of nitrogens with zero attached hydrogens (tertiary/aromatic N) is 1. The highest BCUT2D eigenvalue weighted by Gasteiger charge is 2.15. The smallest absolute Gasteiger partial charge is 0.266 e. The SMILES string of the molecule is COc1cc(/C=C(\C#N)C(=O)Nc2ccc(F)cc2)cc(Br)c1OC(C)C. The van der Waals surface area contributed by atoms with Crippen LogP contribution in [-0.4, -0.2) is 19.1 Å². The molecule has 0 atom stereocenters. The lowest BCUT2D eigenvalue weighted by Crippen LogP contribution is -2.13. The first-order valence-corrected chi connectivity index (χ1v) is 8.86. The number of carbonyl (C=O) groups excluding carboxylic acids is 1. The minimum atomic E-state index is -0.596. The molecule has 27 heavy (non-hydrogen) atoms. The Hall–Kier alpha value is -2.85. The summed E-state index contributed by atoms with van der Waals surface area (Å²) >= 11 is 3.42. The summed E-state index contributed by atoms with van der Waals surface area (Å²) in [4.78, 5) is 12.3. The fourth-order valence-electron chi connectivity index (χ4n) is 2.22. The molecule has 7 heteroatoms. The van der Waals surface area contributed by atoms with E-state index in [-0.39, 0.29) is 11.7 Å². The third kappa shape index (κ3) is 5.56. The lowest BCUT2D eigenvalue weighted by Gasteiger charge is -2.16. The summed E-state index contributed by atoms with van der Waals surface area (Å²) in [6.45, 7) is 3.79. The van der Waals surface area contributed by atoms with Crippen LogP contribution in [0.5, 0.6) is 11.5 Å². The van der Waals surface area contributed by atoms with Gasteiger partial charge in [0, 0.05) is 5.69 Å². The van der Waals surface area contributed by atoms with Gasteiger partial charge in [0.2, 0.25) is 0 Å². The van der Waals surface area contributed by atoms with Gasteiger partial charge < -0.3 is 14.8 Å². The number of hydrogen-bond acceptors (Lipinski definition) is 4. The Kier molecular flexibility index (Phi) is 6.97. The summed E-state index contributed by atoms with van der Waals surface area (Å²) in [5, 5.41) is 11.9. The van der Waals surface area contributed by atoms with Crippen molar-refractivity contribution in [2.75, 3.05) is 12.4 Å². The summed E-state index contributed by atoms with van der Waals surface area (Å²) in [6.07, 6.45) is 1.39. The van der Waals surface area contributed by atoms with E-state index in [1.54, 1.807) is 12.1 Å². The molecule has 2 aromatic rings. The first-order valence-electron chi connectivity index (χ1n) is 8.07. The maximum atomic E-state index is 13.0. The largest absolute Gasteiger partial charge is 0.493 e. The Labute approximate surface area is 165 Å². The van der Waals surface area contributed by atoms with Crippen molar-refractivity contribution in [3.63, 3.8) is 0 Å². The summed E-state index contributed by atoms with van der Waals surface area (Å²) < 4.78 is 24.7. The number of rotatable bonds is 6. The molecule has 0 saturated heterocycles. The van der Waals surface area contributed by atoms with Crippen LogP contribution in [0.4, 0.5) is 10.1 Å². The quantitative estimate of drug-likeness (QED) is 0.518. The van der Waals surface area contributed by atoms with E-state index in [2.05, 4.69) is 21.2 Å². The minimum Gasteiger partial charge on any atom is -0.493 e. The number of benzene rings is 2. The van der Waals surface area contributed by atoms with Gasteiger partial charge >= 0.3 is 0 Å². The van der Waals surface area contributed by atoms with Crippen molar-refractivity contribution in [2.24, 2.45) is 0 Å². The van der Waals surface area contributed by atoms with Gasteiger partial charge in [-0.1, -0.05) is 0 Å². The van der Waals surface area contributed by atoms with E-state index >= 15 is 0 Å². The molecule has 0 unspecified atom stereocenters. The highest BCUT2D eigenvalue weighted by molar-refractivity contribution is 9.10. The maximum Gasteiger partial charge on any atom is 0.266 e. The number of methoxy groups -OCH3 is 1. The zero-order valence-corrected chi connectivity index (χ0v) is 16.6. The fraction of sp³-hybridized carbons (Fsp3) is 0.200. The van der Waals surface area contributed by atoms with Crippen molar-refractivity contribution in [1.29, 1.82) is 5.26 Å². The molecule has 0 heterocycles. The summed E-state index contributed by atoms with van der Waals surface area (Å²) in [5.74, 6) is 0.00545. The first-order chi connectivity index (χ1) is 12.8. The summed E-state index contributed by atoms with van der Waals surface area (Å²) in [7, 11) is 1.51. The molecule has 0 spiro atoms. The van der Waals surface area contributed by atoms with Gasteiger partial charge in [-0.2, -0.15) is 5.26 Å². The second kappa shape index (κ2) is 9.19. The number of halogens is 2. The summed E-state index contributed by atoms with van der Waals surface area (Å²) in [5.41, 5.74) is 0.869. The Bertz CT molecular complexity index is 903. The zero-order valence-electron chi connectivity index (χ0n) is 15.0. The van der Waals surface area contributed by atoms with Crippen LogP contribution in [0, 0.1) is 17.1 Å². The molecule has 2 aromatic carbocycles. The van der Waals surface area contributed by atoms with Gasteiger partial charge in [0.05, 0.1) is 17.7 Å². The van der Waals surface area contributed by atoms with Crippen LogP contribution in [0.1, 0.15) is 19.4 Å². The predicted molar refractivity (Wildman–Crippen MR) is 105 cm³/mol. The summed E-state index contributed by atoms with van der Waals surface area (Å²) in [6, 6.07) is 10.5. The Balaban J connectivity index is 2.31. The number of carbonyl (C=O) groups is 1. The lowest BCUT2D eigenvalue weighted by atomic mass is 10.1. The van der Waals surface area contributed by atoms with E-state index in [0.717, 1.165) is 0 Å². The zero-order chi connectivity index (χ0) is 20.0. The monoisotopic (exact) mass is 432 g/mol. The number of amides is 1. The van der Waals surface area contributed by atoms with Gasteiger partial charge in [0.1, 0.15) is 17.5 Å². The second-order valence-corrected chi connectivity index (χ2v) is 6.69. The molecule has 1 amide bonds. The highest BCUT2D eigenvalue weighted by atomic mass is 79.9. The second-order valence-electron chi connectivity index (χ2n) is 5.83. The molecule has 0 aromatic heterocycles. The molecule has 2 rings (SSSR count). The number of anilines is 1. The van der Waals surface area contributed by atoms with Gasteiger partial charge in [-0.15, -0.1) is 0 Å². The van der Waals surface area contributed by atoms with E-state index in [1.165, 1.54) is 37.5 Å². The first kappa shape index (κ1) is 20.5. The van der Waals surface area contributed by atoms with Crippen LogP contribution in [0.15, 0.2) is 46.4 Å². The van der Waals surface area contributed by atoms with Crippen LogP contribution in [0.3, 0.4) is 0 Å². The third-order valence-corrected chi connectivity index (χ3v) is 3.97. The predicted octanol–water partition coefficient (Wildman–Crippen LogP) is 4.93. The Morgan fingerprint density at radius 2 is 1.96 bits per heavy atom. The fourth-order valence-corrected chi connectivity index (χ4v) is 2.77. The Morgan fingerprint density at radius 3 is 2.52 bits per heavy atom. The molecule has 0 saturated carbocycles. The molecule has 0 fully saturated rings. The van der Waals surface area contributed by atoms with Crippen molar-refractivity contribution in [1.82, 2.24) is 0 Å². The van der Waals surface area contributed by atoms with Crippen molar-refractivity contribution in [3.05, 3.63) is 57.8 Å². The molecule has 1 N–H and O–H groups in total. The van der Waals surface area contributed by atoms with Crippen molar-refractivity contribution < 1.29 is 18.7 Å². The molecular weight excluding hydrogens is 415 g/mol. The molecule has 0 radical (unpaired) electrons. The normalized spacial score (nSPS) is 11.1. The van der Waals surface area contributed by atoms with Crippen LogP contribution < -0.4 is 14.8 Å². The molecule has 140 valence electrons. The maximum absolute atomic E-state index is 13.0. The molecule has 0 aliphatic rings. The van der Waals surface area contributed by atoms with Crippen molar-refractivity contribution >= 4 is 33.6 Å². The van der Waals surface area contributed by atoms with Crippen molar-refractivity contribution in [2.45, 2.75) is 20.0 Å². The highest BCUT2D eigenvalue weighted by Crippen LogP contribution is 2.37. The van der Waals surface area contributed by atoms with E-state index in [4.69, 9.17) is 9.47 Å². The van der Waals surface area contributed by atoms with E-state index < -0.39 is 11.7 Å². The molecule has 0 aliphatic heterocycles. The van der Waals surface area contributed by atoms with Gasteiger partial charge in [-0.25, -0.2) is 4.39 Å². The van der Waals surface area contributed by atoms with Gasteiger partial charge in [0.15, 0.2) is 11.5 Å². The van der Waals surface area contributed by atoms with Gasteiger partial charge in [-0.3, -0.25) is 4.79 Å². The third-order valence-electron chi connectivity index (χ3n) is 3.38.